The van der Waals surface area contributed by atoms with Crippen LogP contribution < -0.4 is 15.4 Å². The number of halogens is 1. The van der Waals surface area contributed by atoms with Gasteiger partial charge in [0.15, 0.2) is 17.5 Å². The van der Waals surface area contributed by atoms with Crippen LogP contribution in [0.5, 0.6) is 5.75 Å². The first kappa shape index (κ1) is 23.4. The van der Waals surface area contributed by atoms with E-state index in [1.54, 1.807) is 25.3 Å². The van der Waals surface area contributed by atoms with Gasteiger partial charge >= 0.3 is 0 Å². The molecule has 0 aliphatic carbocycles. The number of hydrogen-bond acceptors (Lipinski definition) is 4. The lowest BCUT2D eigenvalue weighted by Gasteiger charge is -2.32. The topological polar surface area (TPSA) is 58.1 Å². The molecule has 1 aliphatic heterocycles. The van der Waals surface area contributed by atoms with Gasteiger partial charge in [-0.1, -0.05) is 19.1 Å². The van der Waals surface area contributed by atoms with Crippen molar-refractivity contribution in [2.75, 3.05) is 53.0 Å². The molecule has 1 saturated heterocycles. The Morgan fingerprint density at radius 1 is 1.24 bits per heavy atom. The van der Waals surface area contributed by atoms with Crippen LogP contribution in [0, 0.1) is 11.7 Å². The van der Waals surface area contributed by atoms with E-state index in [9.17, 15) is 4.39 Å². The third-order valence-electron chi connectivity index (χ3n) is 5.26. The first-order chi connectivity index (χ1) is 14.2. The number of piperidine rings is 1. The quantitative estimate of drug-likeness (QED) is 0.436. The molecule has 164 valence electrons. The fourth-order valence-electron chi connectivity index (χ4n) is 3.38. The summed E-state index contributed by atoms with van der Waals surface area (Å²) in [6.07, 6.45) is 2.97. The zero-order valence-electron chi connectivity index (χ0n) is 18.1. The monoisotopic (exact) mass is 408 g/mol. The molecule has 1 heterocycles. The van der Waals surface area contributed by atoms with Crippen LogP contribution >= 0.6 is 0 Å². The lowest BCUT2D eigenvalue weighted by atomic mass is 9.97. The van der Waals surface area contributed by atoms with Crippen molar-refractivity contribution in [1.82, 2.24) is 15.5 Å². The fraction of sp³-hybridized carbons (Fsp3) is 0.682. The number of ether oxygens (including phenoxy) is 2. The van der Waals surface area contributed by atoms with Crippen molar-refractivity contribution in [2.24, 2.45) is 10.9 Å². The summed E-state index contributed by atoms with van der Waals surface area (Å²) in [5.74, 6) is 1.39. The van der Waals surface area contributed by atoms with Crippen molar-refractivity contribution < 1.29 is 13.9 Å². The van der Waals surface area contributed by atoms with Gasteiger partial charge in [-0.2, -0.15) is 0 Å². The maximum absolute atomic E-state index is 13.8. The van der Waals surface area contributed by atoms with Crippen LogP contribution in [-0.4, -0.2) is 69.9 Å². The van der Waals surface area contributed by atoms with Gasteiger partial charge in [-0.25, -0.2) is 9.38 Å². The summed E-state index contributed by atoms with van der Waals surface area (Å²) in [5, 5.41) is 6.77. The second-order valence-electron chi connectivity index (χ2n) is 7.46. The summed E-state index contributed by atoms with van der Waals surface area (Å²) in [5.41, 5.74) is 0. The first-order valence-electron chi connectivity index (χ1n) is 10.8. The van der Waals surface area contributed by atoms with E-state index < -0.39 is 0 Å². The number of guanidine groups is 1. The minimum atomic E-state index is -0.336. The zero-order chi connectivity index (χ0) is 20.9. The predicted molar refractivity (Wildman–Crippen MR) is 116 cm³/mol. The molecule has 29 heavy (non-hydrogen) atoms. The predicted octanol–water partition coefficient (Wildman–Crippen LogP) is 2.90. The van der Waals surface area contributed by atoms with Gasteiger partial charge in [0.05, 0.1) is 13.2 Å². The maximum Gasteiger partial charge on any atom is 0.191 e. The summed E-state index contributed by atoms with van der Waals surface area (Å²) in [6.45, 7) is 10.3. The normalized spacial score (nSPS) is 17.2. The van der Waals surface area contributed by atoms with Gasteiger partial charge in [0.2, 0.25) is 0 Å². The highest BCUT2D eigenvalue weighted by Gasteiger charge is 2.19. The van der Waals surface area contributed by atoms with Crippen molar-refractivity contribution in [3.8, 4) is 5.75 Å². The van der Waals surface area contributed by atoms with Crippen molar-refractivity contribution in [1.29, 1.82) is 0 Å². The molecular weight excluding hydrogens is 371 g/mol. The van der Waals surface area contributed by atoms with E-state index in [4.69, 9.17) is 9.47 Å². The molecule has 2 rings (SSSR count). The van der Waals surface area contributed by atoms with Crippen molar-refractivity contribution in [2.45, 2.75) is 39.2 Å². The molecule has 6 nitrogen and oxygen atoms in total. The number of nitrogens with one attached hydrogen (secondary N) is 2. The average Bonchev–Trinajstić information content (AvgIpc) is 2.75. The van der Waals surface area contributed by atoms with E-state index >= 15 is 0 Å². The van der Waals surface area contributed by atoms with Gasteiger partial charge in [-0.3, -0.25) is 0 Å². The maximum atomic E-state index is 13.8. The summed E-state index contributed by atoms with van der Waals surface area (Å²) < 4.78 is 24.8. The average molecular weight is 409 g/mol. The van der Waals surface area contributed by atoms with Crippen LogP contribution in [-0.2, 0) is 4.74 Å². The Labute approximate surface area is 174 Å². The van der Waals surface area contributed by atoms with E-state index in [0.717, 1.165) is 51.7 Å². The molecule has 1 fully saturated rings. The van der Waals surface area contributed by atoms with Gasteiger partial charge in [0.1, 0.15) is 6.10 Å². The lowest BCUT2D eigenvalue weighted by Crippen LogP contribution is -2.43. The summed E-state index contributed by atoms with van der Waals surface area (Å²) in [4.78, 5) is 7.13. The third kappa shape index (κ3) is 8.58. The Morgan fingerprint density at radius 3 is 2.66 bits per heavy atom. The highest BCUT2D eigenvalue weighted by molar-refractivity contribution is 5.79. The van der Waals surface area contributed by atoms with Crippen LogP contribution in [0.25, 0.3) is 0 Å². The number of likely N-dealkylation sites (tertiary alicyclic amines) is 1. The van der Waals surface area contributed by atoms with Crippen molar-refractivity contribution >= 4 is 5.96 Å². The highest BCUT2D eigenvalue weighted by atomic mass is 19.1. The molecule has 2 N–H and O–H groups in total. The first-order valence-corrected chi connectivity index (χ1v) is 10.8. The number of nitrogens with zero attached hydrogens (tertiary/aromatic N) is 2. The smallest absolute Gasteiger partial charge is 0.191 e. The largest absolute Gasteiger partial charge is 0.485 e. The molecule has 1 aromatic carbocycles. The van der Waals surface area contributed by atoms with E-state index in [2.05, 4.69) is 27.4 Å². The molecule has 0 aromatic heterocycles. The summed E-state index contributed by atoms with van der Waals surface area (Å²) in [7, 11) is 1.75. The molecule has 1 unspecified atom stereocenters. The standard InChI is InChI=1S/C22H37FN4O2/c1-4-19(29-21-9-7-6-8-20(21)23)17-26-22(24-5-2)25-16-18-10-12-27(13-11-18)14-15-28-3/h6-9,18-19H,4-5,10-17H2,1-3H3,(H2,24,25,26). The Kier molecular flexibility index (Phi) is 10.8. The number of benzene rings is 1. The second kappa shape index (κ2) is 13.4. The summed E-state index contributed by atoms with van der Waals surface area (Å²) >= 11 is 0. The zero-order valence-corrected chi connectivity index (χ0v) is 18.1. The van der Waals surface area contributed by atoms with Crippen LogP contribution in [0.4, 0.5) is 4.39 Å². The highest BCUT2D eigenvalue weighted by Crippen LogP contribution is 2.18. The van der Waals surface area contributed by atoms with E-state index in [1.807, 2.05) is 6.92 Å². The minimum Gasteiger partial charge on any atom is -0.485 e. The number of hydrogen-bond donors (Lipinski definition) is 2. The molecule has 1 aromatic rings. The lowest BCUT2D eigenvalue weighted by molar-refractivity contribution is 0.121. The van der Waals surface area contributed by atoms with Gasteiger partial charge in [-0.15, -0.1) is 0 Å². The van der Waals surface area contributed by atoms with Crippen LogP contribution in [0.3, 0.4) is 0 Å². The number of para-hydroxylation sites is 1. The number of aliphatic imine (C=N–C) groups is 1. The van der Waals surface area contributed by atoms with Crippen molar-refractivity contribution in [3.63, 3.8) is 0 Å². The van der Waals surface area contributed by atoms with Gasteiger partial charge in [0, 0.05) is 26.7 Å². The van der Waals surface area contributed by atoms with Crippen LogP contribution in [0.1, 0.15) is 33.1 Å². The third-order valence-corrected chi connectivity index (χ3v) is 5.26. The summed E-state index contributed by atoms with van der Waals surface area (Å²) in [6, 6.07) is 6.51. The van der Waals surface area contributed by atoms with E-state index in [1.165, 1.54) is 18.9 Å². The molecule has 0 bridgehead atoms. The second-order valence-corrected chi connectivity index (χ2v) is 7.46. The van der Waals surface area contributed by atoms with Gasteiger partial charge < -0.3 is 25.0 Å². The van der Waals surface area contributed by atoms with Gasteiger partial charge in [-0.05, 0) is 57.3 Å². The Morgan fingerprint density at radius 2 is 2.00 bits per heavy atom. The molecule has 1 aliphatic rings. The van der Waals surface area contributed by atoms with Crippen molar-refractivity contribution in [3.05, 3.63) is 30.1 Å². The van der Waals surface area contributed by atoms with Crippen LogP contribution in [0.15, 0.2) is 29.3 Å². The Hall–Kier alpha value is -1.86. The number of rotatable bonds is 11. The van der Waals surface area contributed by atoms with Gasteiger partial charge in [0.25, 0.3) is 0 Å². The molecule has 0 saturated carbocycles. The molecule has 7 heteroatoms. The molecule has 0 radical (unpaired) electrons. The fourth-order valence-corrected chi connectivity index (χ4v) is 3.38. The molecule has 0 amide bonds. The Balaban J connectivity index is 1.80. The van der Waals surface area contributed by atoms with Crippen LogP contribution in [0.2, 0.25) is 0 Å². The molecule has 1 atom stereocenters. The van der Waals surface area contributed by atoms with E-state index in [0.29, 0.717) is 12.5 Å². The van der Waals surface area contributed by atoms with E-state index in [-0.39, 0.29) is 17.7 Å². The molecule has 0 spiro atoms. The molecular formula is C22H37FN4O2. The number of methoxy groups -OCH3 is 1. The Bertz CT molecular complexity index is 606. The SMILES string of the molecule is CCNC(=NCC(CC)Oc1ccccc1F)NCC1CCN(CCOC)CC1. The minimum absolute atomic E-state index is 0.161.